The minimum absolute atomic E-state index is 0.258. The van der Waals surface area contributed by atoms with E-state index in [-0.39, 0.29) is 11.8 Å². The lowest BCUT2D eigenvalue weighted by atomic mass is 10.1. The Kier molecular flexibility index (Phi) is 3.83. The van der Waals surface area contributed by atoms with Crippen molar-refractivity contribution in [3.63, 3.8) is 0 Å². The van der Waals surface area contributed by atoms with Crippen LogP contribution < -0.4 is 4.90 Å². The Labute approximate surface area is 110 Å². The topological polar surface area (TPSA) is 20.3 Å². The molecule has 0 spiro atoms. The van der Waals surface area contributed by atoms with Crippen LogP contribution in [-0.4, -0.2) is 18.9 Å². The average molecular weight is 271 g/mol. The summed E-state index contributed by atoms with van der Waals surface area (Å²) in [6.07, 6.45) is -1.32. The Balaban J connectivity index is 2.40. The molecule has 1 saturated heterocycles. The quantitative estimate of drug-likeness (QED) is 0.777. The first kappa shape index (κ1) is 13.9. The fourth-order valence-corrected chi connectivity index (χ4v) is 2.67. The van der Waals surface area contributed by atoms with Gasteiger partial charge in [-0.05, 0) is 37.5 Å². The minimum Gasteiger partial charge on any atom is -0.369 e. The van der Waals surface area contributed by atoms with E-state index in [1.54, 1.807) is 6.07 Å². The molecule has 19 heavy (non-hydrogen) atoms. The van der Waals surface area contributed by atoms with E-state index in [1.807, 2.05) is 11.8 Å². The van der Waals surface area contributed by atoms with Gasteiger partial charge in [0, 0.05) is 23.8 Å². The Bertz CT molecular complexity index is 470. The van der Waals surface area contributed by atoms with Gasteiger partial charge in [-0.2, -0.15) is 13.2 Å². The third-order valence-electron chi connectivity index (χ3n) is 3.65. The third kappa shape index (κ3) is 2.74. The van der Waals surface area contributed by atoms with Gasteiger partial charge in [-0.3, -0.25) is 4.79 Å². The molecule has 1 aliphatic heterocycles. The van der Waals surface area contributed by atoms with Crippen molar-refractivity contribution in [2.45, 2.75) is 38.4 Å². The molecule has 0 aromatic heterocycles. The highest BCUT2D eigenvalue weighted by Crippen LogP contribution is 2.36. The molecule has 1 unspecified atom stereocenters. The third-order valence-corrected chi connectivity index (χ3v) is 3.65. The van der Waals surface area contributed by atoms with Gasteiger partial charge in [0.05, 0.1) is 5.56 Å². The van der Waals surface area contributed by atoms with E-state index in [9.17, 15) is 18.0 Å². The number of hydrogen-bond donors (Lipinski definition) is 0. The Morgan fingerprint density at radius 1 is 1.42 bits per heavy atom. The highest BCUT2D eigenvalue weighted by atomic mass is 19.4. The maximum Gasteiger partial charge on any atom is 0.417 e. The van der Waals surface area contributed by atoms with Crippen molar-refractivity contribution in [2.24, 2.45) is 0 Å². The molecule has 0 bridgehead atoms. The Morgan fingerprint density at radius 2 is 2.16 bits per heavy atom. The van der Waals surface area contributed by atoms with Crippen LogP contribution in [0.4, 0.5) is 18.9 Å². The second-order valence-electron chi connectivity index (χ2n) is 4.78. The molecule has 0 radical (unpaired) electrons. The summed E-state index contributed by atoms with van der Waals surface area (Å²) < 4.78 is 38.7. The summed E-state index contributed by atoms with van der Waals surface area (Å²) in [5, 5.41) is 0. The van der Waals surface area contributed by atoms with Crippen LogP contribution in [0.3, 0.4) is 0 Å². The number of halogens is 3. The van der Waals surface area contributed by atoms with E-state index >= 15 is 0 Å². The van der Waals surface area contributed by atoms with E-state index < -0.39 is 11.7 Å². The number of rotatable bonds is 3. The van der Waals surface area contributed by atoms with Crippen molar-refractivity contribution < 1.29 is 18.0 Å². The SMILES string of the molecule is CCC1CCCN1c1ccc(C=O)c(C(F)(F)F)c1. The van der Waals surface area contributed by atoms with Crippen LogP contribution >= 0.6 is 0 Å². The van der Waals surface area contributed by atoms with Gasteiger partial charge in [0.15, 0.2) is 6.29 Å². The van der Waals surface area contributed by atoms with Crippen LogP contribution in [0.5, 0.6) is 0 Å². The van der Waals surface area contributed by atoms with E-state index in [4.69, 9.17) is 0 Å². The van der Waals surface area contributed by atoms with Crippen molar-refractivity contribution in [1.82, 2.24) is 0 Å². The molecule has 1 fully saturated rings. The predicted molar refractivity (Wildman–Crippen MR) is 67.5 cm³/mol. The molecule has 0 saturated carbocycles. The zero-order valence-electron chi connectivity index (χ0n) is 10.7. The summed E-state index contributed by atoms with van der Waals surface area (Å²) in [4.78, 5) is 12.7. The first-order chi connectivity index (χ1) is 8.97. The summed E-state index contributed by atoms with van der Waals surface area (Å²) in [5.41, 5.74) is -0.590. The summed E-state index contributed by atoms with van der Waals surface area (Å²) in [7, 11) is 0. The maximum atomic E-state index is 12.9. The molecule has 104 valence electrons. The van der Waals surface area contributed by atoms with Gasteiger partial charge in [-0.15, -0.1) is 0 Å². The highest BCUT2D eigenvalue weighted by Gasteiger charge is 2.34. The molecule has 1 aromatic rings. The maximum absolute atomic E-state index is 12.9. The van der Waals surface area contributed by atoms with E-state index in [0.717, 1.165) is 31.9 Å². The number of aldehydes is 1. The average Bonchev–Trinajstić information content (AvgIpc) is 2.85. The van der Waals surface area contributed by atoms with Gasteiger partial charge in [-0.25, -0.2) is 0 Å². The monoisotopic (exact) mass is 271 g/mol. The number of carbonyl (C=O) groups is 1. The molecule has 1 atom stereocenters. The number of hydrogen-bond acceptors (Lipinski definition) is 2. The smallest absolute Gasteiger partial charge is 0.369 e. The number of nitrogens with zero attached hydrogens (tertiary/aromatic N) is 1. The van der Waals surface area contributed by atoms with Crippen molar-refractivity contribution in [1.29, 1.82) is 0 Å². The fourth-order valence-electron chi connectivity index (χ4n) is 2.67. The second-order valence-corrected chi connectivity index (χ2v) is 4.78. The van der Waals surface area contributed by atoms with Gasteiger partial charge >= 0.3 is 6.18 Å². The fraction of sp³-hybridized carbons (Fsp3) is 0.500. The largest absolute Gasteiger partial charge is 0.417 e. The van der Waals surface area contributed by atoms with Crippen LogP contribution in [0.1, 0.15) is 42.1 Å². The molecular weight excluding hydrogens is 255 g/mol. The summed E-state index contributed by atoms with van der Waals surface area (Å²) >= 11 is 0. The molecule has 1 heterocycles. The lowest BCUT2D eigenvalue weighted by Gasteiger charge is -2.27. The first-order valence-electron chi connectivity index (χ1n) is 6.40. The molecule has 0 N–H and O–H groups in total. The van der Waals surface area contributed by atoms with Crippen molar-refractivity contribution >= 4 is 12.0 Å². The van der Waals surface area contributed by atoms with Crippen LogP contribution in [0.2, 0.25) is 0 Å². The number of carbonyl (C=O) groups excluding carboxylic acids is 1. The second kappa shape index (κ2) is 5.23. The zero-order valence-corrected chi connectivity index (χ0v) is 10.7. The molecule has 5 heteroatoms. The van der Waals surface area contributed by atoms with Crippen molar-refractivity contribution in [3.05, 3.63) is 29.3 Å². The van der Waals surface area contributed by atoms with E-state index in [0.29, 0.717) is 11.7 Å². The van der Waals surface area contributed by atoms with Gasteiger partial charge in [0.1, 0.15) is 0 Å². The molecule has 2 rings (SSSR count). The van der Waals surface area contributed by atoms with E-state index in [1.165, 1.54) is 6.07 Å². The molecule has 0 amide bonds. The molecule has 2 nitrogen and oxygen atoms in total. The van der Waals surface area contributed by atoms with Crippen LogP contribution in [0.25, 0.3) is 0 Å². The van der Waals surface area contributed by atoms with Gasteiger partial charge in [0.2, 0.25) is 0 Å². The summed E-state index contributed by atoms with van der Waals surface area (Å²) in [6.45, 7) is 2.81. The summed E-state index contributed by atoms with van der Waals surface area (Å²) in [5.74, 6) is 0. The normalized spacial score (nSPS) is 19.8. The highest BCUT2D eigenvalue weighted by molar-refractivity contribution is 5.79. The van der Waals surface area contributed by atoms with Crippen LogP contribution in [0.15, 0.2) is 18.2 Å². The lowest BCUT2D eigenvalue weighted by Crippen LogP contribution is -2.28. The predicted octanol–water partition coefficient (Wildman–Crippen LogP) is 3.90. The number of alkyl halides is 3. The van der Waals surface area contributed by atoms with Crippen LogP contribution in [-0.2, 0) is 6.18 Å². The molecule has 1 aliphatic rings. The van der Waals surface area contributed by atoms with Gasteiger partial charge in [0.25, 0.3) is 0 Å². The first-order valence-corrected chi connectivity index (χ1v) is 6.40. The lowest BCUT2D eigenvalue weighted by molar-refractivity contribution is -0.137. The van der Waals surface area contributed by atoms with Gasteiger partial charge in [-0.1, -0.05) is 6.92 Å². The summed E-state index contributed by atoms with van der Waals surface area (Å²) in [6, 6.07) is 4.25. The zero-order chi connectivity index (χ0) is 14.0. The van der Waals surface area contributed by atoms with Crippen LogP contribution in [0, 0.1) is 0 Å². The molecular formula is C14H16F3NO. The Hall–Kier alpha value is -1.52. The number of benzene rings is 1. The van der Waals surface area contributed by atoms with Crippen molar-refractivity contribution in [3.8, 4) is 0 Å². The van der Waals surface area contributed by atoms with Crippen molar-refractivity contribution in [2.75, 3.05) is 11.4 Å². The molecule has 1 aromatic carbocycles. The molecule has 0 aliphatic carbocycles. The van der Waals surface area contributed by atoms with Gasteiger partial charge < -0.3 is 4.90 Å². The minimum atomic E-state index is -4.49. The Morgan fingerprint density at radius 3 is 2.74 bits per heavy atom. The van der Waals surface area contributed by atoms with E-state index in [2.05, 4.69) is 0 Å². The number of anilines is 1. The standard InChI is InChI=1S/C14H16F3NO/c1-2-11-4-3-7-18(11)12-6-5-10(9-19)13(8-12)14(15,16)17/h5-6,8-9,11H,2-4,7H2,1H3.